The zero-order valence-corrected chi connectivity index (χ0v) is 20.7. The molecule has 176 valence electrons. The molecule has 0 aliphatic heterocycles. The zero-order valence-electron chi connectivity index (χ0n) is 19.9. The minimum absolute atomic E-state index is 0. The largest absolute Gasteiger partial charge is 0.423 e. The number of nitrogens with one attached hydrogen (secondary N) is 1. The van der Waals surface area contributed by atoms with E-state index in [0.717, 1.165) is 12.8 Å². The smallest absolute Gasteiger partial charge is 0.311 e. The predicted molar refractivity (Wildman–Crippen MR) is 125 cm³/mol. The Balaban J connectivity index is 0.00000900. The fourth-order valence-corrected chi connectivity index (χ4v) is 2.48. The van der Waals surface area contributed by atoms with Crippen LogP contribution in [0.25, 0.3) is 0 Å². The van der Waals surface area contributed by atoms with Crippen molar-refractivity contribution < 1.29 is 23.9 Å². The van der Waals surface area contributed by atoms with Crippen LogP contribution in [0.4, 0.5) is 0 Å². The Hall–Kier alpha value is -1.92. The fourth-order valence-electron chi connectivity index (χ4n) is 2.48. The van der Waals surface area contributed by atoms with Gasteiger partial charge < -0.3 is 14.8 Å². The number of halogens is 1. The number of hydrogen-bond donors (Lipinski definition) is 1. The summed E-state index contributed by atoms with van der Waals surface area (Å²) in [5.74, 6) is -0.323. The first kappa shape index (κ1) is 29.1. The van der Waals surface area contributed by atoms with Gasteiger partial charge in [0.2, 0.25) is 0 Å². The number of benzene rings is 1. The first-order valence-electron chi connectivity index (χ1n) is 10.8. The number of esters is 2. The van der Waals surface area contributed by atoms with Crippen molar-refractivity contribution >= 4 is 30.1 Å². The highest BCUT2D eigenvalue weighted by molar-refractivity contribution is 5.98. The van der Waals surface area contributed by atoms with Gasteiger partial charge in [0.25, 0.3) is 0 Å². The van der Waals surface area contributed by atoms with Crippen LogP contribution < -0.4 is 14.8 Å². The average Bonchev–Trinajstić information content (AvgIpc) is 2.66. The molecular weight excluding hydrogens is 418 g/mol. The number of Topliss-reactive ketones (excluding diaryl/α,β-unsaturated/α-hetero) is 1. The minimum Gasteiger partial charge on any atom is -0.423 e. The van der Waals surface area contributed by atoms with E-state index in [1.54, 1.807) is 6.07 Å². The van der Waals surface area contributed by atoms with E-state index in [1.807, 2.05) is 48.5 Å². The summed E-state index contributed by atoms with van der Waals surface area (Å²) in [5, 5.41) is 3.15. The molecule has 2 atom stereocenters. The van der Waals surface area contributed by atoms with Crippen LogP contribution in [0, 0.1) is 11.8 Å². The van der Waals surface area contributed by atoms with Crippen molar-refractivity contribution in [1.29, 1.82) is 0 Å². The lowest BCUT2D eigenvalue weighted by atomic mass is 10.1. The number of ether oxygens (including phenoxy) is 2. The second-order valence-corrected chi connectivity index (χ2v) is 9.07. The number of carbonyl (C=O) groups is 3. The van der Waals surface area contributed by atoms with Crippen LogP contribution in [0.1, 0.15) is 84.5 Å². The first-order chi connectivity index (χ1) is 13.9. The van der Waals surface area contributed by atoms with Gasteiger partial charge in [-0.05, 0) is 50.8 Å². The van der Waals surface area contributed by atoms with E-state index in [9.17, 15) is 14.4 Å². The van der Waals surface area contributed by atoms with Crippen LogP contribution in [0.5, 0.6) is 11.5 Å². The van der Waals surface area contributed by atoms with E-state index in [-0.39, 0.29) is 66.5 Å². The van der Waals surface area contributed by atoms with Crippen molar-refractivity contribution in [3.63, 3.8) is 0 Å². The average molecular weight is 456 g/mol. The Kier molecular flexibility index (Phi) is 12.6. The molecule has 0 amide bonds. The van der Waals surface area contributed by atoms with E-state index in [4.69, 9.17) is 9.47 Å². The molecule has 7 heteroatoms. The molecule has 0 radical (unpaired) electrons. The van der Waals surface area contributed by atoms with Crippen molar-refractivity contribution in [3.05, 3.63) is 23.8 Å². The van der Waals surface area contributed by atoms with Gasteiger partial charge in [-0.1, -0.05) is 40.5 Å². The number of rotatable bonds is 11. The maximum absolute atomic E-state index is 12.6. The lowest BCUT2D eigenvalue weighted by Gasteiger charge is -2.20. The summed E-state index contributed by atoms with van der Waals surface area (Å²) in [5.41, 5.74) is 0.187. The molecule has 0 fully saturated rings. The summed E-state index contributed by atoms with van der Waals surface area (Å²) < 4.78 is 11.0. The first-order valence-corrected chi connectivity index (χ1v) is 10.8. The number of carbonyl (C=O) groups excluding carboxylic acids is 3. The van der Waals surface area contributed by atoms with Crippen molar-refractivity contribution in [2.75, 3.05) is 6.54 Å². The second kappa shape index (κ2) is 13.5. The van der Waals surface area contributed by atoms with Gasteiger partial charge in [0, 0.05) is 23.9 Å². The molecule has 0 saturated carbocycles. The molecule has 0 spiro atoms. The highest BCUT2D eigenvalue weighted by Gasteiger charge is 2.20. The molecule has 0 aliphatic rings. The molecule has 1 aromatic carbocycles. The van der Waals surface area contributed by atoms with Crippen LogP contribution in [-0.2, 0) is 9.59 Å². The van der Waals surface area contributed by atoms with Crippen LogP contribution in [0.3, 0.4) is 0 Å². The van der Waals surface area contributed by atoms with Crippen LogP contribution >= 0.6 is 12.4 Å². The van der Waals surface area contributed by atoms with Gasteiger partial charge in [0.05, 0.1) is 6.54 Å². The van der Waals surface area contributed by atoms with Gasteiger partial charge in [-0.15, -0.1) is 12.4 Å². The predicted octanol–water partition coefficient (Wildman–Crippen LogP) is 5.36. The highest BCUT2D eigenvalue weighted by atomic mass is 35.5. The topological polar surface area (TPSA) is 81.7 Å². The Morgan fingerprint density at radius 3 is 1.84 bits per heavy atom. The Bertz CT molecular complexity index is 742. The van der Waals surface area contributed by atoms with Gasteiger partial charge in [0.15, 0.2) is 17.3 Å². The Labute approximate surface area is 192 Å². The molecule has 1 aromatic rings. The summed E-state index contributed by atoms with van der Waals surface area (Å²) in [6, 6.07) is 4.59. The van der Waals surface area contributed by atoms with Gasteiger partial charge in [-0.25, -0.2) is 0 Å². The second-order valence-electron chi connectivity index (χ2n) is 9.07. The SMILES string of the molecule is CCC(C)CC(=O)Oc1ccc(C(=O)CNC(C)(C)C)cc1OC(=O)CC(C)CC.Cl. The summed E-state index contributed by atoms with van der Waals surface area (Å²) in [6.45, 7) is 14.0. The highest BCUT2D eigenvalue weighted by Crippen LogP contribution is 2.30. The molecular formula is C24H38ClNO5. The van der Waals surface area contributed by atoms with Gasteiger partial charge in [-0.2, -0.15) is 0 Å². The van der Waals surface area contributed by atoms with E-state index < -0.39 is 11.9 Å². The summed E-state index contributed by atoms with van der Waals surface area (Å²) >= 11 is 0. The summed E-state index contributed by atoms with van der Waals surface area (Å²) in [6.07, 6.45) is 2.23. The Morgan fingerprint density at radius 1 is 0.903 bits per heavy atom. The molecule has 6 nitrogen and oxygen atoms in total. The molecule has 0 heterocycles. The molecule has 0 aliphatic carbocycles. The summed E-state index contributed by atoms with van der Waals surface area (Å²) in [7, 11) is 0. The number of hydrogen-bond acceptors (Lipinski definition) is 6. The molecule has 0 saturated heterocycles. The monoisotopic (exact) mass is 455 g/mol. The third-order valence-electron chi connectivity index (χ3n) is 4.92. The van der Waals surface area contributed by atoms with Crippen molar-refractivity contribution in [2.45, 2.75) is 79.7 Å². The third-order valence-corrected chi connectivity index (χ3v) is 4.92. The van der Waals surface area contributed by atoms with E-state index >= 15 is 0 Å². The maximum Gasteiger partial charge on any atom is 0.311 e. The van der Waals surface area contributed by atoms with Crippen LogP contribution in [-0.4, -0.2) is 29.8 Å². The normalized spacial score (nSPS) is 13.0. The van der Waals surface area contributed by atoms with E-state index in [0.29, 0.717) is 5.56 Å². The van der Waals surface area contributed by atoms with Crippen molar-refractivity contribution in [1.82, 2.24) is 5.32 Å². The number of ketones is 1. The molecule has 1 rings (SSSR count). The molecule has 0 aromatic heterocycles. The lowest BCUT2D eigenvalue weighted by molar-refractivity contribution is -0.138. The van der Waals surface area contributed by atoms with Crippen molar-refractivity contribution in [2.24, 2.45) is 11.8 Å². The van der Waals surface area contributed by atoms with Crippen molar-refractivity contribution in [3.8, 4) is 11.5 Å². The quantitative estimate of drug-likeness (QED) is 0.274. The standard InChI is InChI=1S/C24H37NO5.ClH/c1-8-16(3)12-22(27)29-20-11-10-18(19(26)15-25-24(5,6)7)14-21(20)30-23(28)13-17(4)9-2;/h10-11,14,16-17,25H,8-9,12-13,15H2,1-7H3;1H. The molecule has 31 heavy (non-hydrogen) atoms. The van der Waals surface area contributed by atoms with Crippen LogP contribution in [0.2, 0.25) is 0 Å². The third kappa shape index (κ3) is 11.3. The molecule has 2 unspecified atom stereocenters. The minimum atomic E-state index is -0.416. The molecule has 0 bridgehead atoms. The maximum atomic E-state index is 12.6. The Morgan fingerprint density at radius 2 is 1.39 bits per heavy atom. The van der Waals surface area contributed by atoms with E-state index in [2.05, 4.69) is 5.32 Å². The van der Waals surface area contributed by atoms with Gasteiger partial charge in [0.1, 0.15) is 0 Å². The fraction of sp³-hybridized carbons (Fsp3) is 0.625. The van der Waals surface area contributed by atoms with Gasteiger partial charge in [-0.3, -0.25) is 14.4 Å². The zero-order chi connectivity index (χ0) is 22.9. The van der Waals surface area contributed by atoms with Crippen LogP contribution in [0.15, 0.2) is 18.2 Å². The molecule has 1 N–H and O–H groups in total. The van der Waals surface area contributed by atoms with E-state index in [1.165, 1.54) is 12.1 Å². The summed E-state index contributed by atoms with van der Waals surface area (Å²) in [4.78, 5) is 37.1. The van der Waals surface area contributed by atoms with Gasteiger partial charge >= 0.3 is 11.9 Å². The lowest BCUT2D eigenvalue weighted by Crippen LogP contribution is -2.39.